The molecule has 4 rings (SSSR count). The number of rotatable bonds is 7. The van der Waals surface area contributed by atoms with E-state index in [9.17, 15) is 18.4 Å². The highest BCUT2D eigenvalue weighted by atomic mass is 32.2. The molecule has 2 aromatic heterocycles. The number of thioether (sulfide) groups is 1. The predicted molar refractivity (Wildman–Crippen MR) is 137 cm³/mol. The van der Waals surface area contributed by atoms with Crippen LogP contribution < -0.4 is 15.4 Å². The molecule has 0 radical (unpaired) electrons. The number of likely N-dealkylation sites (N-methyl/N-ethyl adjacent to an activating group) is 1. The summed E-state index contributed by atoms with van der Waals surface area (Å²) in [5, 5.41) is 6.11. The molecule has 3 heterocycles. The maximum absolute atomic E-state index is 13.5. The van der Waals surface area contributed by atoms with Crippen molar-refractivity contribution >= 4 is 23.6 Å². The lowest BCUT2D eigenvalue weighted by Gasteiger charge is -2.18. The molecule has 2 amide bonds. The van der Waals surface area contributed by atoms with Gasteiger partial charge in [0.05, 0.1) is 35.9 Å². The highest BCUT2D eigenvalue weighted by Crippen LogP contribution is 2.36. The second-order valence-corrected chi connectivity index (χ2v) is 10.0. The van der Waals surface area contributed by atoms with Crippen molar-refractivity contribution in [2.45, 2.75) is 38.1 Å². The molecule has 8 nitrogen and oxygen atoms in total. The zero-order chi connectivity index (χ0) is 26.7. The molecule has 0 bridgehead atoms. The van der Waals surface area contributed by atoms with E-state index in [-0.39, 0.29) is 29.2 Å². The van der Waals surface area contributed by atoms with Crippen LogP contribution in [-0.2, 0) is 11.2 Å². The van der Waals surface area contributed by atoms with Crippen molar-refractivity contribution in [3.05, 3.63) is 52.1 Å². The van der Waals surface area contributed by atoms with Crippen molar-refractivity contribution in [1.29, 1.82) is 0 Å². The summed E-state index contributed by atoms with van der Waals surface area (Å²) in [6.45, 7) is 1.90. The molecule has 1 aliphatic carbocycles. The van der Waals surface area contributed by atoms with Gasteiger partial charge in [0, 0.05) is 43.0 Å². The molecular formula is C26H27F2N5O3S. The first-order chi connectivity index (χ1) is 17.7. The Morgan fingerprint density at radius 2 is 2.00 bits per heavy atom. The van der Waals surface area contributed by atoms with Crippen LogP contribution in [-0.4, -0.2) is 53.4 Å². The fraction of sp³-hybridized carbons (Fsp3) is 0.385. The summed E-state index contributed by atoms with van der Waals surface area (Å²) >= 11 is 1.40. The van der Waals surface area contributed by atoms with Gasteiger partial charge in [0.15, 0.2) is 5.50 Å². The molecule has 1 saturated carbocycles. The van der Waals surface area contributed by atoms with Gasteiger partial charge < -0.3 is 20.3 Å². The molecule has 2 aliphatic rings. The highest BCUT2D eigenvalue weighted by Gasteiger charge is 2.27. The quantitative estimate of drug-likeness (QED) is 0.530. The van der Waals surface area contributed by atoms with Crippen LogP contribution >= 0.6 is 11.8 Å². The number of carbonyl (C=O) groups excluding carboxylic acids is 2. The predicted octanol–water partition coefficient (Wildman–Crippen LogP) is 3.72. The minimum Gasteiger partial charge on any atom is -0.494 e. The van der Waals surface area contributed by atoms with Crippen LogP contribution in [0, 0.1) is 17.8 Å². The Kier molecular flexibility index (Phi) is 7.97. The number of hydrogen-bond acceptors (Lipinski definition) is 7. The normalized spacial score (nSPS) is 16.7. The number of ether oxygens (including phenoxy) is 1. The van der Waals surface area contributed by atoms with Gasteiger partial charge in [-0.2, -0.15) is 0 Å². The first-order valence-electron chi connectivity index (χ1n) is 11.6. The monoisotopic (exact) mass is 527 g/mol. The lowest BCUT2D eigenvalue weighted by molar-refractivity contribution is -0.128. The summed E-state index contributed by atoms with van der Waals surface area (Å²) in [6, 6.07) is 2.74. The van der Waals surface area contributed by atoms with Crippen LogP contribution in [0.3, 0.4) is 0 Å². The number of methoxy groups -OCH3 is 1. The van der Waals surface area contributed by atoms with Crippen molar-refractivity contribution in [3.8, 4) is 28.7 Å². The van der Waals surface area contributed by atoms with Crippen LogP contribution in [0.2, 0.25) is 0 Å². The van der Waals surface area contributed by atoms with Crippen LogP contribution in [0.4, 0.5) is 8.78 Å². The average molecular weight is 528 g/mol. The van der Waals surface area contributed by atoms with E-state index < -0.39 is 23.5 Å². The maximum Gasteiger partial charge on any atom is 0.280 e. The van der Waals surface area contributed by atoms with Gasteiger partial charge in [-0.3, -0.25) is 19.6 Å². The minimum atomic E-state index is -2.82. The van der Waals surface area contributed by atoms with Gasteiger partial charge >= 0.3 is 0 Å². The Labute approximate surface area is 218 Å². The molecule has 0 saturated heterocycles. The number of aromatic nitrogens is 2. The molecule has 1 aliphatic heterocycles. The lowest BCUT2D eigenvalue weighted by Crippen LogP contribution is -2.40. The Morgan fingerprint density at radius 3 is 2.65 bits per heavy atom. The first-order valence-corrected chi connectivity index (χ1v) is 12.5. The average Bonchev–Trinajstić information content (AvgIpc) is 3.63. The number of nitrogens with zero attached hydrogens (tertiary/aromatic N) is 3. The number of carbonyl (C=O) groups is 2. The highest BCUT2D eigenvalue weighted by molar-refractivity contribution is 8.04. The standard InChI is InChI=1S/C26H27F2N5O3S/c1-14-22(8-7-15-5-6-15)37-26(31-14)32-25(35)19-12-29-16(10-23(34)33(2)3)9-17(19)18-11-20(24(27)28)30-13-21(18)36-4/h9,11-13,15,24,26,31H,5-6,10H2,1-4H3,(H,32,35). The van der Waals surface area contributed by atoms with E-state index in [4.69, 9.17) is 4.74 Å². The van der Waals surface area contributed by atoms with Gasteiger partial charge in [-0.25, -0.2) is 8.78 Å². The smallest absolute Gasteiger partial charge is 0.280 e. The van der Waals surface area contributed by atoms with E-state index in [0.29, 0.717) is 17.2 Å². The van der Waals surface area contributed by atoms with E-state index in [1.54, 1.807) is 20.2 Å². The largest absolute Gasteiger partial charge is 0.494 e. The van der Waals surface area contributed by atoms with Crippen molar-refractivity contribution in [2.75, 3.05) is 21.2 Å². The van der Waals surface area contributed by atoms with E-state index in [2.05, 4.69) is 32.4 Å². The lowest BCUT2D eigenvalue weighted by atomic mass is 9.98. The topological polar surface area (TPSA) is 96.5 Å². The zero-order valence-corrected chi connectivity index (χ0v) is 21.7. The first kappa shape index (κ1) is 26.4. The molecule has 2 N–H and O–H groups in total. The van der Waals surface area contributed by atoms with Crippen LogP contribution in [0.1, 0.15) is 47.9 Å². The molecular weight excluding hydrogens is 500 g/mol. The third kappa shape index (κ3) is 6.38. The van der Waals surface area contributed by atoms with Crippen LogP contribution in [0.5, 0.6) is 5.75 Å². The summed E-state index contributed by atoms with van der Waals surface area (Å²) in [5.41, 5.74) is 1.02. The number of alkyl halides is 2. The summed E-state index contributed by atoms with van der Waals surface area (Å²) < 4.78 is 32.3. The van der Waals surface area contributed by atoms with Crippen molar-refractivity contribution in [2.24, 2.45) is 5.92 Å². The van der Waals surface area contributed by atoms with Crippen LogP contribution in [0.25, 0.3) is 11.1 Å². The molecule has 1 atom stereocenters. The zero-order valence-electron chi connectivity index (χ0n) is 20.9. The minimum absolute atomic E-state index is 0.0246. The van der Waals surface area contributed by atoms with Gasteiger partial charge in [-0.1, -0.05) is 23.6 Å². The molecule has 0 aromatic carbocycles. The van der Waals surface area contributed by atoms with E-state index in [0.717, 1.165) is 23.4 Å². The number of amides is 2. The third-order valence-corrected chi connectivity index (χ3v) is 6.93. The molecule has 194 valence electrons. The maximum atomic E-state index is 13.5. The molecule has 1 fully saturated rings. The number of halogens is 2. The van der Waals surface area contributed by atoms with Gasteiger partial charge in [0.1, 0.15) is 11.4 Å². The summed E-state index contributed by atoms with van der Waals surface area (Å²) in [6.07, 6.45) is 1.93. The van der Waals surface area contributed by atoms with Crippen molar-refractivity contribution < 1.29 is 23.1 Å². The Bertz CT molecular complexity index is 1320. The Balaban J connectivity index is 1.66. The van der Waals surface area contributed by atoms with E-state index in [1.807, 2.05) is 6.92 Å². The number of allylic oxidation sites excluding steroid dienone is 2. The fourth-order valence-electron chi connectivity index (χ4n) is 3.54. The van der Waals surface area contributed by atoms with Crippen molar-refractivity contribution in [1.82, 2.24) is 25.5 Å². The number of hydrogen-bond donors (Lipinski definition) is 2. The van der Waals surface area contributed by atoms with Gasteiger partial charge in [0.25, 0.3) is 12.3 Å². The van der Waals surface area contributed by atoms with E-state index in [1.165, 1.54) is 42.2 Å². The summed E-state index contributed by atoms with van der Waals surface area (Å²) in [5.74, 6) is 6.39. The van der Waals surface area contributed by atoms with E-state index >= 15 is 0 Å². The third-order valence-electron chi connectivity index (χ3n) is 5.81. The second-order valence-electron chi connectivity index (χ2n) is 8.91. The van der Waals surface area contributed by atoms with Crippen molar-refractivity contribution in [3.63, 3.8) is 0 Å². The number of nitrogens with one attached hydrogen (secondary N) is 2. The Hall–Kier alpha value is -3.65. The summed E-state index contributed by atoms with van der Waals surface area (Å²) in [4.78, 5) is 36.0. The van der Waals surface area contributed by atoms with Gasteiger partial charge in [0.2, 0.25) is 5.91 Å². The molecule has 0 spiro atoms. The van der Waals surface area contributed by atoms with Gasteiger partial charge in [-0.05, 0) is 31.9 Å². The fourth-order valence-corrected chi connectivity index (χ4v) is 4.53. The van der Waals surface area contributed by atoms with Crippen LogP contribution in [0.15, 0.2) is 35.1 Å². The summed E-state index contributed by atoms with van der Waals surface area (Å²) in [7, 11) is 4.63. The SMILES string of the molecule is COc1cnc(C(F)F)cc1-c1cc(CC(=O)N(C)C)ncc1C(=O)NC1NC(C)=C(C#CC2CC2)S1. The second kappa shape index (κ2) is 11.2. The number of pyridine rings is 2. The Morgan fingerprint density at radius 1 is 1.24 bits per heavy atom. The molecule has 11 heteroatoms. The molecule has 2 aromatic rings. The molecule has 37 heavy (non-hydrogen) atoms. The molecule has 1 unspecified atom stereocenters. The van der Waals surface area contributed by atoms with Gasteiger partial charge in [-0.15, -0.1) is 0 Å².